The highest BCUT2D eigenvalue weighted by Gasteiger charge is 2.11. The average Bonchev–Trinajstić information content (AvgIpc) is 2.45. The number of ketones is 1. The summed E-state index contributed by atoms with van der Waals surface area (Å²) >= 11 is 5.99. The number of rotatable bonds is 5. The molecule has 2 rings (SSSR count). The molecule has 0 atom stereocenters. The van der Waals surface area contributed by atoms with Gasteiger partial charge in [0.2, 0.25) is 0 Å². The zero-order chi connectivity index (χ0) is 14.5. The zero-order valence-electron chi connectivity index (χ0n) is 11.1. The van der Waals surface area contributed by atoms with Gasteiger partial charge >= 0.3 is 0 Å². The van der Waals surface area contributed by atoms with Crippen molar-refractivity contribution in [1.82, 2.24) is 0 Å². The molecule has 0 heterocycles. The molecule has 0 aromatic heterocycles. The molecule has 0 radical (unpaired) electrons. The van der Waals surface area contributed by atoms with Crippen LogP contribution in [-0.2, 0) is 0 Å². The number of hydrogen-bond acceptors (Lipinski definition) is 2. The van der Waals surface area contributed by atoms with Crippen molar-refractivity contribution < 1.29 is 9.18 Å². The fourth-order valence-electron chi connectivity index (χ4n) is 1.92. The predicted molar refractivity (Wildman–Crippen MR) is 80.1 cm³/mol. The van der Waals surface area contributed by atoms with Crippen molar-refractivity contribution in [1.29, 1.82) is 0 Å². The van der Waals surface area contributed by atoms with Crippen LogP contribution in [-0.4, -0.2) is 19.4 Å². The van der Waals surface area contributed by atoms with Crippen molar-refractivity contribution >= 4 is 23.1 Å². The average molecular weight is 292 g/mol. The van der Waals surface area contributed by atoms with Crippen LogP contribution in [0, 0.1) is 5.82 Å². The Morgan fingerprint density at radius 3 is 2.45 bits per heavy atom. The van der Waals surface area contributed by atoms with E-state index in [4.69, 9.17) is 11.6 Å². The molecule has 20 heavy (non-hydrogen) atoms. The van der Waals surface area contributed by atoms with Crippen LogP contribution in [0.2, 0.25) is 5.02 Å². The van der Waals surface area contributed by atoms with Crippen LogP contribution in [0.4, 0.5) is 10.1 Å². The van der Waals surface area contributed by atoms with Gasteiger partial charge in [-0.05, 0) is 36.4 Å². The summed E-state index contributed by atoms with van der Waals surface area (Å²) in [6, 6.07) is 13.2. The highest BCUT2D eigenvalue weighted by Crippen LogP contribution is 2.18. The Kier molecular flexibility index (Phi) is 4.74. The molecule has 0 aliphatic carbocycles. The highest BCUT2D eigenvalue weighted by atomic mass is 35.5. The number of Topliss-reactive ketones (excluding diaryl/α,β-unsaturated/α-hetero) is 1. The SMILES string of the molecule is CN(CCC(=O)c1ccccc1Cl)c1ccc(F)cc1. The molecule has 0 fully saturated rings. The molecule has 0 aliphatic heterocycles. The minimum atomic E-state index is -0.269. The van der Waals surface area contributed by atoms with E-state index in [0.717, 1.165) is 5.69 Å². The largest absolute Gasteiger partial charge is 0.374 e. The summed E-state index contributed by atoms with van der Waals surface area (Å²) in [5, 5.41) is 0.474. The van der Waals surface area contributed by atoms with Gasteiger partial charge in [-0.25, -0.2) is 4.39 Å². The fourth-order valence-corrected chi connectivity index (χ4v) is 2.16. The van der Waals surface area contributed by atoms with Crippen molar-refractivity contribution in [3.63, 3.8) is 0 Å². The third-order valence-corrected chi connectivity index (χ3v) is 3.45. The first-order valence-electron chi connectivity index (χ1n) is 6.32. The molecule has 104 valence electrons. The zero-order valence-corrected chi connectivity index (χ0v) is 11.9. The Hall–Kier alpha value is -1.87. The molecule has 2 aromatic carbocycles. The Labute approximate surface area is 122 Å². The van der Waals surface area contributed by atoms with Crippen molar-refractivity contribution in [3.8, 4) is 0 Å². The molecule has 0 amide bonds. The van der Waals surface area contributed by atoms with E-state index in [2.05, 4.69) is 0 Å². The number of carbonyl (C=O) groups is 1. The smallest absolute Gasteiger partial charge is 0.166 e. The van der Waals surface area contributed by atoms with Crippen LogP contribution in [0.1, 0.15) is 16.8 Å². The van der Waals surface area contributed by atoms with Crippen LogP contribution in [0.15, 0.2) is 48.5 Å². The summed E-state index contributed by atoms with van der Waals surface area (Å²) in [6.07, 6.45) is 0.359. The van der Waals surface area contributed by atoms with Crippen LogP contribution < -0.4 is 4.90 Å². The van der Waals surface area contributed by atoms with Gasteiger partial charge in [-0.3, -0.25) is 4.79 Å². The lowest BCUT2D eigenvalue weighted by Gasteiger charge is -2.18. The molecule has 0 N–H and O–H groups in total. The normalized spacial score (nSPS) is 10.3. The quantitative estimate of drug-likeness (QED) is 0.770. The maximum atomic E-state index is 12.8. The number of carbonyl (C=O) groups excluding carboxylic acids is 1. The standard InChI is InChI=1S/C16H15ClFNO/c1-19(13-8-6-12(18)7-9-13)11-10-16(20)14-4-2-3-5-15(14)17/h2-9H,10-11H2,1H3. The second-order valence-electron chi connectivity index (χ2n) is 4.55. The van der Waals surface area contributed by atoms with Gasteiger partial charge in [0.1, 0.15) is 5.82 Å². The molecule has 2 nitrogen and oxygen atoms in total. The second kappa shape index (κ2) is 6.53. The molecule has 0 unspecified atom stereocenters. The summed E-state index contributed by atoms with van der Waals surface area (Å²) < 4.78 is 12.8. The van der Waals surface area contributed by atoms with Crippen molar-refractivity contribution in [2.45, 2.75) is 6.42 Å². The molecule has 0 bridgehead atoms. The van der Waals surface area contributed by atoms with Gasteiger partial charge < -0.3 is 4.90 Å². The van der Waals surface area contributed by atoms with E-state index in [1.54, 1.807) is 36.4 Å². The highest BCUT2D eigenvalue weighted by molar-refractivity contribution is 6.33. The lowest BCUT2D eigenvalue weighted by Crippen LogP contribution is -2.21. The lowest BCUT2D eigenvalue weighted by molar-refractivity contribution is 0.0985. The van der Waals surface area contributed by atoms with Crippen molar-refractivity contribution in [2.75, 3.05) is 18.5 Å². The van der Waals surface area contributed by atoms with Gasteiger partial charge in [0.15, 0.2) is 5.78 Å². The van der Waals surface area contributed by atoms with Gasteiger partial charge in [-0.2, -0.15) is 0 Å². The van der Waals surface area contributed by atoms with Crippen LogP contribution >= 0.6 is 11.6 Å². The van der Waals surface area contributed by atoms with Crippen molar-refractivity contribution in [2.24, 2.45) is 0 Å². The monoisotopic (exact) mass is 291 g/mol. The predicted octanol–water partition coefficient (Wildman–Crippen LogP) is 4.19. The molecule has 2 aromatic rings. The van der Waals surface area contributed by atoms with Crippen LogP contribution in [0.3, 0.4) is 0 Å². The Morgan fingerprint density at radius 2 is 1.80 bits per heavy atom. The first-order chi connectivity index (χ1) is 9.58. The van der Waals surface area contributed by atoms with Gasteiger partial charge in [0.05, 0.1) is 5.02 Å². The maximum Gasteiger partial charge on any atom is 0.166 e. The molecule has 0 spiro atoms. The third-order valence-electron chi connectivity index (χ3n) is 3.12. The molecule has 0 saturated carbocycles. The maximum absolute atomic E-state index is 12.8. The van der Waals surface area contributed by atoms with E-state index >= 15 is 0 Å². The first kappa shape index (κ1) is 14.5. The van der Waals surface area contributed by atoms with Crippen LogP contribution in [0.5, 0.6) is 0 Å². The first-order valence-corrected chi connectivity index (χ1v) is 6.70. The molecule has 0 saturated heterocycles. The van der Waals surface area contributed by atoms with E-state index in [1.165, 1.54) is 12.1 Å². The Morgan fingerprint density at radius 1 is 1.15 bits per heavy atom. The van der Waals surface area contributed by atoms with Gasteiger partial charge in [0.25, 0.3) is 0 Å². The summed E-state index contributed by atoms with van der Waals surface area (Å²) in [6.45, 7) is 0.551. The topological polar surface area (TPSA) is 20.3 Å². The lowest BCUT2D eigenvalue weighted by atomic mass is 10.1. The number of nitrogens with zero attached hydrogens (tertiary/aromatic N) is 1. The van der Waals surface area contributed by atoms with Gasteiger partial charge in [-0.15, -0.1) is 0 Å². The van der Waals surface area contributed by atoms with E-state index in [0.29, 0.717) is 23.6 Å². The van der Waals surface area contributed by atoms with E-state index in [9.17, 15) is 9.18 Å². The second-order valence-corrected chi connectivity index (χ2v) is 4.96. The van der Waals surface area contributed by atoms with E-state index in [1.807, 2.05) is 11.9 Å². The van der Waals surface area contributed by atoms with E-state index in [-0.39, 0.29) is 11.6 Å². The number of benzene rings is 2. The number of anilines is 1. The molecule has 0 aliphatic rings. The molecular formula is C16H15ClFNO. The third kappa shape index (κ3) is 3.58. The Bertz CT molecular complexity index is 598. The van der Waals surface area contributed by atoms with Crippen molar-refractivity contribution in [3.05, 3.63) is 64.9 Å². The molecular weight excluding hydrogens is 277 g/mol. The van der Waals surface area contributed by atoms with Gasteiger partial charge in [0, 0.05) is 31.3 Å². The minimum Gasteiger partial charge on any atom is -0.374 e. The minimum absolute atomic E-state index is 0.00422. The summed E-state index contributed by atoms with van der Waals surface area (Å²) in [5.74, 6) is -0.265. The summed E-state index contributed by atoms with van der Waals surface area (Å²) in [7, 11) is 1.87. The van der Waals surface area contributed by atoms with Gasteiger partial charge in [-0.1, -0.05) is 23.7 Å². The van der Waals surface area contributed by atoms with E-state index < -0.39 is 0 Å². The number of hydrogen-bond donors (Lipinski definition) is 0. The Balaban J connectivity index is 1.97. The fraction of sp³-hybridized carbons (Fsp3) is 0.188. The number of halogens is 2. The summed E-state index contributed by atoms with van der Waals surface area (Å²) in [5.41, 5.74) is 1.42. The summed E-state index contributed by atoms with van der Waals surface area (Å²) in [4.78, 5) is 14.0. The molecule has 4 heteroatoms. The van der Waals surface area contributed by atoms with Crippen LogP contribution in [0.25, 0.3) is 0 Å².